The first-order valence-corrected chi connectivity index (χ1v) is 5.84. The molecule has 0 aliphatic rings. The SMILES string of the molecule is CCOC(=O)c1csc(-c2ncccc2F)n1. The molecule has 2 heterocycles. The van der Waals surface area contributed by atoms with E-state index in [-0.39, 0.29) is 18.0 Å². The number of pyridine rings is 1. The standard InChI is InChI=1S/C11H9FN2O2S/c1-2-16-11(15)8-6-17-10(14-8)9-7(12)4-3-5-13-9/h3-6H,2H2,1H3. The number of halogens is 1. The predicted octanol–water partition coefficient (Wildman–Crippen LogP) is 2.52. The van der Waals surface area contributed by atoms with E-state index in [1.54, 1.807) is 6.92 Å². The highest BCUT2D eigenvalue weighted by atomic mass is 32.1. The first kappa shape index (κ1) is 11.7. The molecule has 2 aromatic rings. The lowest BCUT2D eigenvalue weighted by Crippen LogP contribution is -2.04. The van der Waals surface area contributed by atoms with Crippen LogP contribution in [0.5, 0.6) is 0 Å². The molecule has 0 aliphatic heterocycles. The van der Waals surface area contributed by atoms with Crippen LogP contribution in [0.4, 0.5) is 4.39 Å². The lowest BCUT2D eigenvalue weighted by atomic mass is 10.3. The summed E-state index contributed by atoms with van der Waals surface area (Å²) in [5.74, 6) is -0.969. The van der Waals surface area contributed by atoms with E-state index in [1.807, 2.05) is 0 Å². The molecular formula is C11H9FN2O2S. The molecule has 0 fully saturated rings. The average molecular weight is 252 g/mol. The summed E-state index contributed by atoms with van der Waals surface area (Å²) in [6.07, 6.45) is 1.48. The summed E-state index contributed by atoms with van der Waals surface area (Å²) >= 11 is 1.16. The quantitative estimate of drug-likeness (QED) is 0.788. The van der Waals surface area contributed by atoms with E-state index in [9.17, 15) is 9.18 Å². The van der Waals surface area contributed by atoms with Gasteiger partial charge in [0.15, 0.2) is 11.5 Å². The van der Waals surface area contributed by atoms with Gasteiger partial charge in [0, 0.05) is 11.6 Å². The van der Waals surface area contributed by atoms with Crippen LogP contribution in [0.3, 0.4) is 0 Å². The Morgan fingerprint density at radius 2 is 2.41 bits per heavy atom. The van der Waals surface area contributed by atoms with Crippen molar-refractivity contribution in [2.24, 2.45) is 0 Å². The summed E-state index contributed by atoms with van der Waals surface area (Å²) in [5, 5.41) is 1.90. The third-order valence-electron chi connectivity index (χ3n) is 1.95. The molecule has 0 amide bonds. The molecule has 0 saturated carbocycles. The van der Waals surface area contributed by atoms with Gasteiger partial charge in [-0.3, -0.25) is 4.98 Å². The fraction of sp³-hybridized carbons (Fsp3) is 0.182. The number of hydrogen-bond acceptors (Lipinski definition) is 5. The molecule has 0 spiro atoms. The van der Waals surface area contributed by atoms with E-state index >= 15 is 0 Å². The molecular weight excluding hydrogens is 243 g/mol. The van der Waals surface area contributed by atoms with Gasteiger partial charge in [-0.1, -0.05) is 0 Å². The summed E-state index contributed by atoms with van der Waals surface area (Å²) in [7, 11) is 0. The van der Waals surface area contributed by atoms with Crippen LogP contribution in [0.1, 0.15) is 17.4 Å². The number of carbonyl (C=O) groups excluding carboxylic acids is 1. The van der Waals surface area contributed by atoms with E-state index < -0.39 is 11.8 Å². The van der Waals surface area contributed by atoms with Crippen molar-refractivity contribution in [3.8, 4) is 10.7 Å². The highest BCUT2D eigenvalue weighted by molar-refractivity contribution is 7.13. The number of hydrogen-bond donors (Lipinski definition) is 0. The molecule has 4 nitrogen and oxygen atoms in total. The lowest BCUT2D eigenvalue weighted by Gasteiger charge is -1.97. The Labute approximate surface area is 101 Å². The zero-order valence-electron chi connectivity index (χ0n) is 9.01. The zero-order valence-corrected chi connectivity index (χ0v) is 9.83. The van der Waals surface area contributed by atoms with E-state index in [2.05, 4.69) is 9.97 Å². The number of aromatic nitrogens is 2. The van der Waals surface area contributed by atoms with Crippen molar-refractivity contribution >= 4 is 17.3 Å². The largest absolute Gasteiger partial charge is 0.461 e. The Morgan fingerprint density at radius 1 is 1.59 bits per heavy atom. The van der Waals surface area contributed by atoms with Crippen LogP contribution in [0.2, 0.25) is 0 Å². The Morgan fingerprint density at radius 3 is 3.12 bits per heavy atom. The molecule has 0 aromatic carbocycles. The maximum absolute atomic E-state index is 13.4. The second-order valence-corrected chi connectivity index (χ2v) is 3.95. The van der Waals surface area contributed by atoms with Gasteiger partial charge >= 0.3 is 5.97 Å². The van der Waals surface area contributed by atoms with Gasteiger partial charge in [-0.05, 0) is 19.1 Å². The van der Waals surface area contributed by atoms with Gasteiger partial charge in [0.2, 0.25) is 0 Å². The Bertz CT molecular complexity index is 542. The summed E-state index contributed by atoms with van der Waals surface area (Å²) in [5.41, 5.74) is 0.324. The number of carbonyl (C=O) groups is 1. The molecule has 0 unspecified atom stereocenters. The topological polar surface area (TPSA) is 52.1 Å². The summed E-state index contributed by atoms with van der Waals surface area (Å²) < 4.78 is 18.2. The smallest absolute Gasteiger partial charge is 0.357 e. The minimum absolute atomic E-state index is 0.146. The van der Waals surface area contributed by atoms with E-state index in [0.717, 1.165) is 11.3 Å². The zero-order chi connectivity index (χ0) is 12.3. The van der Waals surface area contributed by atoms with Gasteiger partial charge in [-0.2, -0.15) is 0 Å². The van der Waals surface area contributed by atoms with E-state index in [4.69, 9.17) is 4.74 Å². The van der Waals surface area contributed by atoms with Crippen LogP contribution >= 0.6 is 11.3 Å². The Balaban J connectivity index is 2.30. The van der Waals surface area contributed by atoms with Crippen molar-refractivity contribution in [2.75, 3.05) is 6.61 Å². The molecule has 6 heteroatoms. The minimum Gasteiger partial charge on any atom is -0.461 e. The molecule has 0 bridgehead atoms. The molecule has 2 aromatic heterocycles. The van der Waals surface area contributed by atoms with Crippen molar-refractivity contribution in [1.29, 1.82) is 0 Å². The number of rotatable bonds is 3. The van der Waals surface area contributed by atoms with Crippen LogP contribution in [0, 0.1) is 5.82 Å². The van der Waals surface area contributed by atoms with Gasteiger partial charge < -0.3 is 4.74 Å². The second kappa shape index (κ2) is 5.01. The highest BCUT2D eigenvalue weighted by Crippen LogP contribution is 2.24. The monoisotopic (exact) mass is 252 g/mol. The van der Waals surface area contributed by atoms with Crippen molar-refractivity contribution in [3.63, 3.8) is 0 Å². The maximum atomic E-state index is 13.4. The molecule has 17 heavy (non-hydrogen) atoms. The molecule has 0 radical (unpaired) electrons. The summed E-state index contributed by atoms with van der Waals surface area (Å²) in [6, 6.07) is 2.80. The van der Waals surface area contributed by atoms with E-state index in [1.165, 1.54) is 23.7 Å². The third kappa shape index (κ3) is 2.47. The van der Waals surface area contributed by atoms with Gasteiger partial charge in [0.1, 0.15) is 10.7 Å². The van der Waals surface area contributed by atoms with Crippen molar-refractivity contribution < 1.29 is 13.9 Å². The first-order valence-electron chi connectivity index (χ1n) is 4.96. The summed E-state index contributed by atoms with van der Waals surface area (Å²) in [6.45, 7) is 1.99. The normalized spacial score (nSPS) is 10.2. The Hall–Kier alpha value is -1.82. The Kier molecular flexibility index (Phi) is 3.43. The fourth-order valence-electron chi connectivity index (χ4n) is 1.22. The average Bonchev–Trinajstić information content (AvgIpc) is 2.79. The number of ether oxygens (including phenoxy) is 1. The van der Waals surface area contributed by atoms with Crippen LogP contribution in [-0.4, -0.2) is 22.5 Å². The van der Waals surface area contributed by atoms with Crippen LogP contribution in [0.15, 0.2) is 23.7 Å². The fourth-order valence-corrected chi connectivity index (χ4v) is 2.01. The molecule has 2 rings (SSSR count). The molecule has 0 aliphatic carbocycles. The van der Waals surface area contributed by atoms with Gasteiger partial charge in [0.25, 0.3) is 0 Å². The van der Waals surface area contributed by atoms with Crippen molar-refractivity contribution in [3.05, 3.63) is 35.2 Å². The lowest BCUT2D eigenvalue weighted by molar-refractivity contribution is 0.0520. The van der Waals surface area contributed by atoms with Crippen molar-refractivity contribution in [2.45, 2.75) is 6.92 Å². The second-order valence-electron chi connectivity index (χ2n) is 3.09. The summed E-state index contributed by atoms with van der Waals surface area (Å²) in [4.78, 5) is 19.3. The molecule has 88 valence electrons. The van der Waals surface area contributed by atoms with Gasteiger partial charge in [0.05, 0.1) is 6.61 Å². The van der Waals surface area contributed by atoms with E-state index in [0.29, 0.717) is 5.01 Å². The van der Waals surface area contributed by atoms with Crippen LogP contribution in [-0.2, 0) is 4.74 Å². The molecule has 0 N–H and O–H groups in total. The van der Waals surface area contributed by atoms with Gasteiger partial charge in [-0.15, -0.1) is 11.3 Å². The highest BCUT2D eigenvalue weighted by Gasteiger charge is 2.15. The van der Waals surface area contributed by atoms with Gasteiger partial charge in [-0.25, -0.2) is 14.2 Å². The predicted molar refractivity (Wildman–Crippen MR) is 61.3 cm³/mol. The molecule has 0 saturated heterocycles. The number of thiazole rings is 1. The van der Waals surface area contributed by atoms with Crippen LogP contribution < -0.4 is 0 Å². The number of esters is 1. The van der Waals surface area contributed by atoms with Crippen LogP contribution in [0.25, 0.3) is 10.7 Å². The minimum atomic E-state index is -0.508. The molecule has 0 atom stereocenters. The number of nitrogens with zero attached hydrogens (tertiary/aromatic N) is 2. The maximum Gasteiger partial charge on any atom is 0.357 e. The third-order valence-corrected chi connectivity index (χ3v) is 2.80. The first-order chi connectivity index (χ1) is 8.22. The van der Waals surface area contributed by atoms with Crippen molar-refractivity contribution in [1.82, 2.24) is 9.97 Å².